The molecule has 2 rings (SSSR count). The van der Waals surface area contributed by atoms with E-state index in [0.717, 1.165) is 9.26 Å². The van der Waals surface area contributed by atoms with Crippen LogP contribution < -0.4 is 0 Å². The Morgan fingerprint density at radius 2 is 2.25 bits per heavy atom. The minimum atomic E-state index is 1.07. The molecule has 12 heavy (non-hydrogen) atoms. The molecule has 0 saturated carbocycles. The summed E-state index contributed by atoms with van der Waals surface area (Å²) in [5.74, 6) is 0. The number of nitrogens with zero attached hydrogens (tertiary/aromatic N) is 3. The Hall–Kier alpha value is -0.910. The minimum Gasteiger partial charge on any atom is -0.263 e. The van der Waals surface area contributed by atoms with Crippen LogP contribution in [0.4, 0.5) is 0 Å². The summed E-state index contributed by atoms with van der Waals surface area (Å²) in [4.78, 5) is 4.01. The second-order valence-corrected chi connectivity index (χ2v) is 3.44. The van der Waals surface area contributed by atoms with Crippen molar-refractivity contribution in [3.8, 4) is 5.69 Å². The number of aromatic nitrogens is 3. The highest BCUT2D eigenvalue weighted by Gasteiger charge is 1.99. The van der Waals surface area contributed by atoms with Gasteiger partial charge in [0.1, 0.15) is 0 Å². The zero-order valence-corrected chi connectivity index (χ0v) is 8.34. The van der Waals surface area contributed by atoms with Gasteiger partial charge in [-0.2, -0.15) is 5.10 Å². The summed E-state index contributed by atoms with van der Waals surface area (Å²) in [5.41, 5.74) is 1.07. The third kappa shape index (κ3) is 1.34. The van der Waals surface area contributed by atoms with Gasteiger partial charge in [0, 0.05) is 24.8 Å². The van der Waals surface area contributed by atoms with Crippen LogP contribution in [0.1, 0.15) is 0 Å². The van der Waals surface area contributed by atoms with Gasteiger partial charge in [0.05, 0.1) is 9.26 Å². The van der Waals surface area contributed by atoms with Gasteiger partial charge < -0.3 is 0 Å². The van der Waals surface area contributed by atoms with Crippen LogP contribution >= 0.6 is 22.6 Å². The normalized spacial score (nSPS) is 10.1. The molecular formula is C8H6IN3. The summed E-state index contributed by atoms with van der Waals surface area (Å²) >= 11 is 2.24. The van der Waals surface area contributed by atoms with E-state index in [2.05, 4.69) is 32.7 Å². The average Bonchev–Trinajstić information content (AvgIpc) is 2.57. The van der Waals surface area contributed by atoms with Gasteiger partial charge in [-0.25, -0.2) is 4.68 Å². The van der Waals surface area contributed by atoms with Crippen LogP contribution in [-0.2, 0) is 0 Å². The van der Waals surface area contributed by atoms with E-state index < -0.39 is 0 Å². The standard InChI is InChI=1S/C8H6IN3/c9-7-6-10-4-2-8(7)12-5-1-3-11-12/h1-6H. The molecule has 0 aliphatic rings. The molecule has 0 aliphatic carbocycles. The SMILES string of the molecule is Ic1cnccc1-n1cccn1. The quantitative estimate of drug-likeness (QED) is 0.741. The van der Waals surface area contributed by atoms with E-state index in [1.165, 1.54) is 0 Å². The molecule has 0 amide bonds. The number of rotatable bonds is 1. The molecule has 0 unspecified atom stereocenters. The van der Waals surface area contributed by atoms with Gasteiger partial charge in [0.25, 0.3) is 0 Å². The van der Waals surface area contributed by atoms with Gasteiger partial charge in [-0.05, 0) is 34.7 Å². The van der Waals surface area contributed by atoms with Crippen LogP contribution in [0, 0.1) is 3.57 Å². The van der Waals surface area contributed by atoms with Crippen molar-refractivity contribution in [3.63, 3.8) is 0 Å². The van der Waals surface area contributed by atoms with E-state index in [-0.39, 0.29) is 0 Å². The Bertz CT molecular complexity index is 370. The fourth-order valence-electron chi connectivity index (χ4n) is 0.965. The van der Waals surface area contributed by atoms with Crippen LogP contribution in [0.2, 0.25) is 0 Å². The Labute approximate surface area is 83.6 Å². The molecule has 0 aliphatic heterocycles. The molecule has 60 valence electrons. The smallest absolute Gasteiger partial charge is 0.0809 e. The van der Waals surface area contributed by atoms with Crippen molar-refractivity contribution in [2.45, 2.75) is 0 Å². The molecule has 0 fully saturated rings. The molecule has 0 aromatic carbocycles. The highest BCUT2D eigenvalue weighted by atomic mass is 127. The molecule has 0 radical (unpaired) electrons. The van der Waals surface area contributed by atoms with Crippen molar-refractivity contribution in [3.05, 3.63) is 40.5 Å². The highest BCUT2D eigenvalue weighted by molar-refractivity contribution is 14.1. The summed E-state index contributed by atoms with van der Waals surface area (Å²) in [5, 5.41) is 4.13. The van der Waals surface area contributed by atoms with E-state index in [1.54, 1.807) is 12.4 Å². The summed E-state index contributed by atoms with van der Waals surface area (Å²) in [6.07, 6.45) is 7.25. The van der Waals surface area contributed by atoms with E-state index in [1.807, 2.05) is 29.2 Å². The van der Waals surface area contributed by atoms with Crippen molar-refractivity contribution in [1.82, 2.24) is 14.8 Å². The van der Waals surface area contributed by atoms with E-state index in [9.17, 15) is 0 Å². The zero-order valence-electron chi connectivity index (χ0n) is 6.18. The predicted molar refractivity (Wildman–Crippen MR) is 54.1 cm³/mol. The molecule has 0 bridgehead atoms. The van der Waals surface area contributed by atoms with Crippen LogP contribution in [0.25, 0.3) is 5.69 Å². The lowest BCUT2D eigenvalue weighted by molar-refractivity contribution is 0.872. The van der Waals surface area contributed by atoms with Crippen molar-refractivity contribution in [1.29, 1.82) is 0 Å². The maximum absolute atomic E-state index is 4.13. The van der Waals surface area contributed by atoms with Crippen molar-refractivity contribution in [2.75, 3.05) is 0 Å². The van der Waals surface area contributed by atoms with Crippen LogP contribution in [-0.4, -0.2) is 14.8 Å². The molecule has 2 heterocycles. The van der Waals surface area contributed by atoms with Crippen molar-refractivity contribution < 1.29 is 0 Å². The van der Waals surface area contributed by atoms with Gasteiger partial charge in [0.15, 0.2) is 0 Å². The maximum atomic E-state index is 4.13. The first kappa shape index (κ1) is 7.72. The third-order valence-corrected chi connectivity index (χ3v) is 2.33. The number of pyridine rings is 1. The first-order valence-electron chi connectivity index (χ1n) is 3.47. The van der Waals surface area contributed by atoms with Crippen molar-refractivity contribution >= 4 is 22.6 Å². The van der Waals surface area contributed by atoms with E-state index in [4.69, 9.17) is 0 Å². The second kappa shape index (κ2) is 3.22. The third-order valence-electron chi connectivity index (χ3n) is 1.50. The molecule has 2 aromatic heterocycles. The lowest BCUT2D eigenvalue weighted by atomic mass is 10.4. The van der Waals surface area contributed by atoms with Crippen LogP contribution in [0.3, 0.4) is 0 Å². The molecule has 3 nitrogen and oxygen atoms in total. The minimum absolute atomic E-state index is 1.07. The Kier molecular flexibility index (Phi) is 2.07. The largest absolute Gasteiger partial charge is 0.263 e. The highest BCUT2D eigenvalue weighted by Crippen LogP contribution is 2.13. The van der Waals surface area contributed by atoms with Crippen LogP contribution in [0.15, 0.2) is 36.9 Å². The summed E-state index contributed by atoms with van der Waals surface area (Å²) < 4.78 is 2.92. The number of hydrogen-bond acceptors (Lipinski definition) is 2. The molecular weight excluding hydrogens is 265 g/mol. The van der Waals surface area contributed by atoms with Gasteiger partial charge in [-0.3, -0.25) is 4.98 Å². The molecule has 0 saturated heterocycles. The summed E-state index contributed by atoms with van der Waals surface area (Å²) in [6, 6.07) is 3.84. The monoisotopic (exact) mass is 271 g/mol. The molecule has 0 N–H and O–H groups in total. The lowest BCUT2D eigenvalue weighted by Crippen LogP contribution is -1.96. The average molecular weight is 271 g/mol. The number of halogens is 1. The van der Waals surface area contributed by atoms with Gasteiger partial charge in [-0.1, -0.05) is 0 Å². The van der Waals surface area contributed by atoms with E-state index >= 15 is 0 Å². The Balaban J connectivity index is 2.55. The predicted octanol–water partition coefficient (Wildman–Crippen LogP) is 1.87. The van der Waals surface area contributed by atoms with Gasteiger partial charge in [-0.15, -0.1) is 0 Å². The van der Waals surface area contributed by atoms with Gasteiger partial charge >= 0.3 is 0 Å². The summed E-state index contributed by atoms with van der Waals surface area (Å²) in [7, 11) is 0. The second-order valence-electron chi connectivity index (χ2n) is 2.28. The number of hydrogen-bond donors (Lipinski definition) is 0. The molecule has 4 heteroatoms. The first-order valence-corrected chi connectivity index (χ1v) is 4.55. The lowest BCUT2D eigenvalue weighted by Gasteiger charge is -2.01. The topological polar surface area (TPSA) is 30.7 Å². The zero-order chi connectivity index (χ0) is 8.39. The van der Waals surface area contributed by atoms with Crippen molar-refractivity contribution in [2.24, 2.45) is 0 Å². The summed E-state index contributed by atoms with van der Waals surface area (Å²) in [6.45, 7) is 0. The fraction of sp³-hybridized carbons (Fsp3) is 0. The molecule has 0 spiro atoms. The fourth-order valence-corrected chi connectivity index (χ4v) is 1.55. The molecule has 2 aromatic rings. The Morgan fingerprint density at radius 1 is 1.33 bits per heavy atom. The Morgan fingerprint density at radius 3 is 2.92 bits per heavy atom. The van der Waals surface area contributed by atoms with E-state index in [0.29, 0.717) is 0 Å². The van der Waals surface area contributed by atoms with Gasteiger partial charge in [0.2, 0.25) is 0 Å². The van der Waals surface area contributed by atoms with Crippen LogP contribution in [0.5, 0.6) is 0 Å². The maximum Gasteiger partial charge on any atom is 0.0809 e. The first-order chi connectivity index (χ1) is 5.88. The molecule has 0 atom stereocenters.